The second-order valence-corrected chi connectivity index (χ2v) is 9.59. The van der Waals surface area contributed by atoms with Crippen molar-refractivity contribution >= 4 is 15.9 Å². The molecule has 2 fully saturated rings. The van der Waals surface area contributed by atoms with Crippen molar-refractivity contribution < 1.29 is 17.7 Å². The van der Waals surface area contributed by atoms with Gasteiger partial charge >= 0.3 is 0 Å². The van der Waals surface area contributed by atoms with Crippen molar-refractivity contribution in [3.05, 3.63) is 11.5 Å². The van der Waals surface area contributed by atoms with E-state index in [1.165, 1.54) is 4.31 Å². The van der Waals surface area contributed by atoms with Crippen molar-refractivity contribution in [2.75, 3.05) is 19.6 Å². The van der Waals surface area contributed by atoms with E-state index < -0.39 is 10.0 Å². The van der Waals surface area contributed by atoms with Gasteiger partial charge in [0.1, 0.15) is 10.6 Å². The number of hydrogen-bond acceptors (Lipinski definition) is 6. The molecule has 1 aliphatic carbocycles. The number of hydrogen-bond donors (Lipinski definition) is 2. The van der Waals surface area contributed by atoms with Gasteiger partial charge in [0.05, 0.1) is 5.54 Å². The molecule has 146 valence electrons. The van der Waals surface area contributed by atoms with E-state index in [-0.39, 0.29) is 22.3 Å². The smallest absolute Gasteiger partial charge is 0.248 e. The van der Waals surface area contributed by atoms with Crippen LogP contribution in [0.5, 0.6) is 0 Å². The fourth-order valence-electron chi connectivity index (χ4n) is 3.75. The highest BCUT2D eigenvalue weighted by atomic mass is 32.2. The van der Waals surface area contributed by atoms with Crippen LogP contribution in [-0.2, 0) is 14.8 Å². The van der Waals surface area contributed by atoms with E-state index in [2.05, 4.69) is 10.5 Å². The molecule has 1 aromatic heterocycles. The summed E-state index contributed by atoms with van der Waals surface area (Å²) < 4.78 is 32.1. The summed E-state index contributed by atoms with van der Waals surface area (Å²) in [5, 5.41) is 6.85. The number of nitrogens with one attached hydrogen (secondary N) is 1. The van der Waals surface area contributed by atoms with Crippen LogP contribution in [0.15, 0.2) is 9.42 Å². The number of carbonyl (C=O) groups excluding carboxylic acids is 1. The Bertz CT molecular complexity index is 759. The number of carbonyl (C=O) groups is 1. The van der Waals surface area contributed by atoms with Crippen molar-refractivity contribution in [3.63, 3.8) is 0 Å². The van der Waals surface area contributed by atoms with Crippen molar-refractivity contribution in [3.8, 4) is 0 Å². The number of aryl methyl sites for hydroxylation is 2. The van der Waals surface area contributed by atoms with Gasteiger partial charge in [0.2, 0.25) is 15.9 Å². The number of nitrogens with zero attached hydrogens (tertiary/aromatic N) is 2. The third kappa shape index (κ3) is 3.52. The first-order chi connectivity index (χ1) is 12.2. The fraction of sp³-hybridized carbons (Fsp3) is 0.765. The van der Waals surface area contributed by atoms with Crippen molar-refractivity contribution in [1.29, 1.82) is 0 Å². The van der Waals surface area contributed by atoms with E-state index in [1.54, 1.807) is 13.8 Å². The lowest BCUT2D eigenvalue weighted by molar-refractivity contribution is -0.128. The van der Waals surface area contributed by atoms with Crippen LogP contribution in [0.2, 0.25) is 0 Å². The molecule has 3 rings (SSSR count). The monoisotopic (exact) mass is 384 g/mol. The molecule has 1 saturated carbocycles. The first kappa shape index (κ1) is 19.3. The Morgan fingerprint density at radius 1 is 1.31 bits per heavy atom. The highest BCUT2D eigenvalue weighted by Crippen LogP contribution is 2.39. The van der Waals surface area contributed by atoms with Crippen LogP contribution in [0, 0.1) is 25.7 Å². The van der Waals surface area contributed by atoms with Gasteiger partial charge in [-0.3, -0.25) is 4.79 Å². The van der Waals surface area contributed by atoms with E-state index >= 15 is 0 Å². The average Bonchev–Trinajstić information content (AvgIpc) is 3.40. The summed E-state index contributed by atoms with van der Waals surface area (Å²) >= 11 is 0. The summed E-state index contributed by atoms with van der Waals surface area (Å²) in [6, 6.07) is 0. The minimum Gasteiger partial charge on any atom is -0.360 e. The zero-order valence-corrected chi connectivity index (χ0v) is 16.4. The van der Waals surface area contributed by atoms with Crippen molar-refractivity contribution in [2.24, 2.45) is 17.6 Å². The molecule has 26 heavy (non-hydrogen) atoms. The van der Waals surface area contributed by atoms with Gasteiger partial charge < -0.3 is 15.6 Å². The number of rotatable bonds is 6. The minimum atomic E-state index is -3.65. The van der Waals surface area contributed by atoms with Crippen molar-refractivity contribution in [1.82, 2.24) is 14.8 Å². The molecule has 9 heteroatoms. The van der Waals surface area contributed by atoms with E-state index in [0.717, 1.165) is 12.8 Å². The summed E-state index contributed by atoms with van der Waals surface area (Å²) in [7, 11) is -3.65. The lowest BCUT2D eigenvalue weighted by atomic mass is 9.92. The van der Waals surface area contributed by atoms with Crippen LogP contribution < -0.4 is 11.1 Å². The Balaban J connectivity index is 1.63. The largest absolute Gasteiger partial charge is 0.360 e. The minimum absolute atomic E-state index is 0.0146. The number of piperidine rings is 1. The van der Waals surface area contributed by atoms with E-state index in [0.29, 0.717) is 49.8 Å². The molecule has 1 amide bonds. The molecule has 0 spiro atoms. The van der Waals surface area contributed by atoms with Crippen molar-refractivity contribution in [2.45, 2.75) is 56.9 Å². The zero-order chi connectivity index (χ0) is 19.1. The normalized spacial score (nSPS) is 22.2. The fourth-order valence-corrected chi connectivity index (χ4v) is 5.51. The summed E-state index contributed by atoms with van der Waals surface area (Å²) in [5.74, 6) is 0.553. The molecule has 0 radical (unpaired) electrons. The number of amides is 1. The topological polar surface area (TPSA) is 119 Å². The van der Waals surface area contributed by atoms with E-state index in [9.17, 15) is 13.2 Å². The second-order valence-electron chi connectivity index (χ2n) is 7.72. The summed E-state index contributed by atoms with van der Waals surface area (Å²) in [6.07, 6.45) is 3.20. The standard InChI is InChI=1S/C17H28N4O4S/c1-11-15(12(2)25-20-11)26(23,24)21-8-6-13(7-9-21)16(22)19-17(3,10-18)14-4-5-14/h13-14H,4-10,18H2,1-3H3,(H,19,22). The van der Waals surface area contributed by atoms with Gasteiger partial charge in [-0.25, -0.2) is 8.42 Å². The molecule has 2 heterocycles. The van der Waals surface area contributed by atoms with Gasteiger partial charge in [-0.15, -0.1) is 0 Å². The van der Waals surface area contributed by atoms with Crippen LogP contribution in [0.25, 0.3) is 0 Å². The summed E-state index contributed by atoms with van der Waals surface area (Å²) in [6.45, 7) is 6.26. The molecule has 3 N–H and O–H groups in total. The second kappa shape index (κ2) is 6.94. The third-order valence-corrected chi connectivity index (χ3v) is 7.85. The number of nitrogens with two attached hydrogens (primary N) is 1. The van der Waals surface area contributed by atoms with Gasteiger partial charge in [-0.1, -0.05) is 5.16 Å². The molecule has 1 unspecified atom stereocenters. The SMILES string of the molecule is Cc1noc(C)c1S(=O)(=O)N1CCC(C(=O)NC(C)(CN)C2CC2)CC1. The predicted molar refractivity (Wildman–Crippen MR) is 95.8 cm³/mol. The summed E-state index contributed by atoms with van der Waals surface area (Å²) in [4.78, 5) is 12.8. The summed E-state index contributed by atoms with van der Waals surface area (Å²) in [5.41, 5.74) is 5.89. The maximum atomic E-state index is 12.8. The molecule has 1 saturated heterocycles. The maximum absolute atomic E-state index is 12.8. The van der Waals surface area contributed by atoms with Crippen LogP contribution in [0.4, 0.5) is 0 Å². The Kier molecular flexibility index (Phi) is 5.15. The quantitative estimate of drug-likeness (QED) is 0.753. The average molecular weight is 385 g/mol. The molecule has 1 atom stereocenters. The van der Waals surface area contributed by atoms with Crippen LogP contribution in [0.1, 0.15) is 44.1 Å². The highest BCUT2D eigenvalue weighted by molar-refractivity contribution is 7.89. The third-order valence-electron chi connectivity index (χ3n) is 5.70. The number of aromatic nitrogens is 1. The van der Waals surface area contributed by atoms with Gasteiger partial charge in [0, 0.05) is 25.6 Å². The Hall–Kier alpha value is -1.45. The first-order valence-electron chi connectivity index (χ1n) is 9.14. The van der Waals surface area contributed by atoms with Gasteiger partial charge in [-0.05, 0) is 52.4 Å². The lowest BCUT2D eigenvalue weighted by Gasteiger charge is -2.34. The van der Waals surface area contributed by atoms with Gasteiger partial charge in [-0.2, -0.15) is 4.31 Å². The van der Waals surface area contributed by atoms with E-state index in [4.69, 9.17) is 10.3 Å². The molecular formula is C17H28N4O4S. The molecule has 8 nitrogen and oxygen atoms in total. The van der Waals surface area contributed by atoms with Gasteiger partial charge in [0.15, 0.2) is 5.76 Å². The van der Waals surface area contributed by atoms with Gasteiger partial charge in [0.25, 0.3) is 0 Å². The molecule has 0 bridgehead atoms. The number of sulfonamides is 1. The Morgan fingerprint density at radius 2 is 1.92 bits per heavy atom. The van der Waals surface area contributed by atoms with Crippen LogP contribution in [0.3, 0.4) is 0 Å². The molecule has 1 aliphatic heterocycles. The Morgan fingerprint density at radius 3 is 2.38 bits per heavy atom. The lowest BCUT2D eigenvalue weighted by Crippen LogP contribution is -2.55. The molecular weight excluding hydrogens is 356 g/mol. The molecule has 2 aliphatic rings. The van der Waals surface area contributed by atoms with Crippen LogP contribution in [-0.4, -0.2) is 49.0 Å². The predicted octanol–water partition coefficient (Wildman–Crippen LogP) is 0.936. The zero-order valence-electron chi connectivity index (χ0n) is 15.6. The van der Waals surface area contributed by atoms with E-state index in [1.807, 2.05) is 6.92 Å². The highest BCUT2D eigenvalue weighted by Gasteiger charge is 2.43. The van der Waals surface area contributed by atoms with Crippen LogP contribution >= 0.6 is 0 Å². The molecule has 0 aromatic carbocycles. The Labute approximate surface area is 154 Å². The first-order valence-corrected chi connectivity index (χ1v) is 10.6. The maximum Gasteiger partial charge on any atom is 0.248 e. The molecule has 1 aromatic rings.